The average molecular weight is 1330 g/mol. The molecule has 0 saturated heterocycles. The van der Waals surface area contributed by atoms with Gasteiger partial charge in [-0.2, -0.15) is 0 Å². The summed E-state index contributed by atoms with van der Waals surface area (Å²) >= 11 is 0. The molecule has 4 aliphatic heterocycles. The molecule has 7 heteroatoms. The van der Waals surface area contributed by atoms with E-state index in [9.17, 15) is 26.0 Å². The number of rotatable bonds is 7. The molecule has 0 saturated carbocycles. The van der Waals surface area contributed by atoms with Gasteiger partial charge in [-0.1, -0.05) is 277 Å². The minimum absolute atomic E-state index is 0.00925. The Labute approximate surface area is 622 Å². The van der Waals surface area contributed by atoms with Crippen LogP contribution < -0.4 is 52.1 Å². The van der Waals surface area contributed by atoms with Crippen LogP contribution in [0, 0.1) is 0 Å². The van der Waals surface area contributed by atoms with Gasteiger partial charge in [0.2, 0.25) is 0 Å². The lowest BCUT2D eigenvalue weighted by atomic mass is 9.30. The van der Waals surface area contributed by atoms with Crippen LogP contribution in [0.1, 0.15) is 131 Å². The Morgan fingerprint density at radius 2 is 0.762 bits per heavy atom. The number of para-hydroxylation sites is 3. The Kier molecular flexibility index (Phi) is 10.1. The van der Waals surface area contributed by atoms with E-state index in [1.165, 1.54) is 4.57 Å². The molecule has 0 radical (unpaired) electrons. The lowest BCUT2D eigenvalue weighted by Gasteiger charge is -2.48. The molecule has 0 amide bonds. The Hall–Kier alpha value is -11.0. The number of nitrogens with zero attached hydrogens (tertiary/aromatic N) is 3. The van der Waals surface area contributed by atoms with Crippen molar-refractivity contribution in [1.29, 1.82) is 0 Å². The van der Waals surface area contributed by atoms with Gasteiger partial charge in [-0.15, -0.1) is 0 Å². The highest BCUT2D eigenvalue weighted by Gasteiger charge is 2.52. The molecule has 0 unspecified atom stereocenters. The van der Waals surface area contributed by atoms with Gasteiger partial charge in [-0.3, -0.25) is 0 Å². The number of aromatic nitrogens is 1. The van der Waals surface area contributed by atoms with Gasteiger partial charge >= 0.3 is 0 Å². The normalized spacial score (nSPS) is 16.3. The van der Waals surface area contributed by atoms with Crippen molar-refractivity contribution in [3.63, 3.8) is 0 Å². The Balaban J connectivity index is 1.14. The highest BCUT2D eigenvalue weighted by Crippen LogP contribution is 2.57. The second-order valence-electron chi connectivity index (χ2n) is 30.9. The summed E-state index contributed by atoms with van der Waals surface area (Å²) in [4.78, 5) is 3.99. The highest BCUT2D eigenvalue weighted by atomic mass is 16.5. The number of hydrogen-bond donors (Lipinski definition) is 0. The van der Waals surface area contributed by atoms with Crippen molar-refractivity contribution >= 4 is 102 Å². The van der Waals surface area contributed by atoms with Gasteiger partial charge < -0.3 is 23.8 Å². The second-order valence-corrected chi connectivity index (χ2v) is 30.9. The summed E-state index contributed by atoms with van der Waals surface area (Å²) in [5.41, 5.74) is 5.79. The summed E-state index contributed by atoms with van der Waals surface area (Å²) in [5, 5.41) is -0.469. The fraction of sp³-hybridized carbons (Fsp3) is 0.170. The number of benzene rings is 13. The minimum Gasteiger partial charge on any atom is -0.459 e. The predicted octanol–water partition coefficient (Wildman–Crippen LogP) is 21.5. The molecule has 5 heterocycles. The molecule has 4 aliphatic rings. The van der Waals surface area contributed by atoms with Gasteiger partial charge in [-0.25, -0.2) is 0 Å². The van der Waals surface area contributed by atoms with Crippen molar-refractivity contribution < 1.29 is 35.5 Å². The van der Waals surface area contributed by atoms with Gasteiger partial charge in [0.15, 0.2) is 0 Å². The Morgan fingerprint density at radius 1 is 0.327 bits per heavy atom. The molecule has 0 N–H and O–H groups in total. The van der Waals surface area contributed by atoms with E-state index in [0.717, 1.165) is 33.4 Å². The van der Waals surface area contributed by atoms with Crippen LogP contribution in [0.4, 0.5) is 34.1 Å². The molecule has 18 rings (SSSR count). The molecule has 0 atom stereocenters. The van der Waals surface area contributed by atoms with E-state index in [-0.39, 0.29) is 89.6 Å². The highest BCUT2D eigenvalue weighted by molar-refractivity contribution is 7.03. The van der Waals surface area contributed by atoms with Crippen LogP contribution in [0.5, 0.6) is 23.0 Å². The Morgan fingerprint density at radius 3 is 1.26 bits per heavy atom. The molecule has 0 aliphatic carbocycles. The monoisotopic (exact) mass is 1320 g/mol. The molecule has 101 heavy (non-hydrogen) atoms. The van der Waals surface area contributed by atoms with E-state index in [1.54, 1.807) is 20.8 Å². The Bertz CT molecular complexity index is 6750. The van der Waals surface area contributed by atoms with Gasteiger partial charge in [0.1, 0.15) is 23.0 Å². The first-order valence-electron chi connectivity index (χ1n) is 43.9. The molecule has 0 fully saturated rings. The fourth-order valence-electron chi connectivity index (χ4n) is 15.2. The van der Waals surface area contributed by atoms with Crippen molar-refractivity contribution in [3.05, 3.63) is 295 Å². The maximum Gasteiger partial charge on any atom is 0.260 e. The summed E-state index contributed by atoms with van der Waals surface area (Å²) in [7, 11) is 0. The number of anilines is 6. The number of ether oxygens (including phenoxy) is 2. The average Bonchev–Trinajstić information content (AvgIpc) is 0.764. The third-order valence-electron chi connectivity index (χ3n) is 20.3. The van der Waals surface area contributed by atoms with Crippen LogP contribution in [0.3, 0.4) is 0 Å². The van der Waals surface area contributed by atoms with E-state index < -0.39 is 155 Å². The van der Waals surface area contributed by atoms with Crippen LogP contribution in [-0.2, 0) is 21.7 Å². The third-order valence-corrected chi connectivity index (χ3v) is 20.3. The first kappa shape index (κ1) is 44.9. The SMILES string of the molecule is [2H]c1c([2H])c([2H])c2c(c1[2H])Oc1c([2H])c3c(c4c1B2c1c([2H])c([2H])c([2H])c([2H])c1O4)B1c2c(cc(C(C)(C)C)cc2N3c2c(-c3ccccc3)cc(C(C)(C)C)cc2-c2ccccc2)N(c2c(-c3ccccc3)cc(C(C)(C)C)cc2-c2ccccc2)c2c([2H])c(-n3c4c([2H])c([2H])c([2H])c([2H])c4c4c([2H])c([2H])c(C(C)(C)C)c([2H])c43)c([2H])c([2H])c21. The molecular weight excluding hydrogens is 1220 g/mol. The topological polar surface area (TPSA) is 29.9 Å². The van der Waals surface area contributed by atoms with Crippen LogP contribution in [0.25, 0.3) is 72.0 Å². The summed E-state index contributed by atoms with van der Waals surface area (Å²) in [5.74, 6) is -1.31. The largest absolute Gasteiger partial charge is 0.459 e. The fourth-order valence-corrected chi connectivity index (χ4v) is 15.2. The van der Waals surface area contributed by atoms with E-state index >= 15 is 0 Å². The van der Waals surface area contributed by atoms with Crippen molar-refractivity contribution in [2.24, 2.45) is 0 Å². The molecule has 14 aromatic rings. The van der Waals surface area contributed by atoms with Crippen molar-refractivity contribution in [1.82, 2.24) is 4.57 Å². The standard InChI is InChI=1S/C94H81B2N3O2/c1-91(2,3)62-45-47-68-67-39-25-28-42-76(67)97(77(68)53-62)66-46-48-73-78(56-66)98(88-69(58-31-17-13-18-32-58)49-63(92(4,5)6)50-70(88)59-33-19-14-20-34-59)79-54-65(94(10,11)12)55-80-85(79)96(73)86-81(57-84-87-90(86)101-83-44-30-27-41-75(83)95(87)74-40-26-29-43-82(74)100-84)99(80)89-71(60-35-21-15-22-36-60)51-64(93(7,8)9)52-72(89)61-37-23-16-24-38-61/h13-57H,1-12H3/i25D,26D,27D,28D,29D,30D,39D,40D,41D,42D,43D,44D,45D,46D,47D,48D,53D,56D,57D. The maximum atomic E-state index is 12.0. The van der Waals surface area contributed by atoms with Gasteiger partial charge in [0.25, 0.3) is 13.4 Å². The van der Waals surface area contributed by atoms with Gasteiger partial charge in [0.05, 0.1) is 48.5 Å². The van der Waals surface area contributed by atoms with Gasteiger partial charge in [-0.05, 0) is 166 Å². The van der Waals surface area contributed by atoms with Crippen molar-refractivity contribution in [2.75, 3.05) is 9.80 Å². The minimum atomic E-state index is -1.62. The van der Waals surface area contributed by atoms with Crippen molar-refractivity contribution in [3.8, 4) is 73.2 Å². The zero-order valence-corrected chi connectivity index (χ0v) is 58.3. The second kappa shape index (κ2) is 22.8. The molecule has 0 spiro atoms. The van der Waals surface area contributed by atoms with Crippen molar-refractivity contribution in [2.45, 2.75) is 105 Å². The van der Waals surface area contributed by atoms with Crippen LogP contribution in [0.15, 0.2) is 273 Å². The van der Waals surface area contributed by atoms with E-state index in [0.29, 0.717) is 56.0 Å². The summed E-state index contributed by atoms with van der Waals surface area (Å²) in [6.45, 7) is 21.1. The summed E-state index contributed by atoms with van der Waals surface area (Å²) in [6, 6.07) is 40.6. The smallest absolute Gasteiger partial charge is 0.260 e. The zero-order valence-electron chi connectivity index (χ0n) is 77.3. The molecular formula is C94H81B2N3O2. The molecule has 5 nitrogen and oxygen atoms in total. The molecule has 13 aromatic carbocycles. The maximum absolute atomic E-state index is 12.0. The quantitative estimate of drug-likeness (QED) is 0.149. The van der Waals surface area contributed by atoms with Gasteiger partial charge in [0, 0.05) is 73.0 Å². The van der Waals surface area contributed by atoms with Crippen LogP contribution >= 0.6 is 0 Å². The summed E-state index contributed by atoms with van der Waals surface area (Å²) < 4.78 is 209. The first-order chi connectivity index (χ1) is 56.6. The summed E-state index contributed by atoms with van der Waals surface area (Å²) in [6.07, 6.45) is 0. The van der Waals surface area contributed by atoms with Crippen LogP contribution in [-0.4, -0.2) is 18.0 Å². The predicted molar refractivity (Wildman–Crippen MR) is 429 cm³/mol. The number of fused-ring (bicyclic) bond motifs is 12. The van der Waals surface area contributed by atoms with E-state index in [2.05, 4.69) is 98.7 Å². The molecule has 0 bridgehead atoms. The molecule has 1 aromatic heterocycles. The lowest BCUT2D eigenvalue weighted by molar-refractivity contribution is 0.467. The first-order valence-corrected chi connectivity index (χ1v) is 34.4. The van der Waals surface area contributed by atoms with Crippen LogP contribution in [0.2, 0.25) is 0 Å². The zero-order chi connectivity index (χ0) is 85.7. The third kappa shape index (κ3) is 9.96. The lowest BCUT2D eigenvalue weighted by Crippen LogP contribution is -2.65. The molecule has 490 valence electrons. The number of hydrogen-bond acceptors (Lipinski definition) is 4. The van der Waals surface area contributed by atoms with E-state index in [4.69, 9.17) is 9.47 Å². The van der Waals surface area contributed by atoms with E-state index in [1.807, 2.05) is 131 Å².